The second-order valence-electron chi connectivity index (χ2n) is 4.25. The van der Waals surface area contributed by atoms with Crippen LogP contribution in [0.25, 0.3) is 22.4 Å². The maximum Gasteiger partial charge on any atom is 0.163 e. The summed E-state index contributed by atoms with van der Waals surface area (Å²) in [5, 5.41) is 1.32. The summed E-state index contributed by atoms with van der Waals surface area (Å²) in [6.07, 6.45) is 1.70. The van der Waals surface area contributed by atoms with Crippen molar-refractivity contribution in [1.82, 2.24) is 4.98 Å². The Morgan fingerprint density at radius 2 is 2.11 bits per heavy atom. The van der Waals surface area contributed by atoms with Gasteiger partial charge in [-0.3, -0.25) is 9.78 Å². The molecule has 0 aliphatic heterocycles. The van der Waals surface area contributed by atoms with Crippen molar-refractivity contribution in [1.29, 1.82) is 0 Å². The van der Waals surface area contributed by atoms with Gasteiger partial charge in [0.1, 0.15) is 11.3 Å². The van der Waals surface area contributed by atoms with E-state index in [1.165, 1.54) is 6.92 Å². The Hall–Kier alpha value is -2.13. The lowest BCUT2D eigenvalue weighted by Gasteiger charge is -1.98. The van der Waals surface area contributed by atoms with Crippen molar-refractivity contribution < 1.29 is 9.21 Å². The van der Waals surface area contributed by atoms with Crippen LogP contribution < -0.4 is 0 Å². The molecule has 0 spiro atoms. The van der Waals surface area contributed by atoms with E-state index in [0.29, 0.717) is 21.9 Å². The monoisotopic (exact) mass is 271 g/mol. The zero-order valence-electron chi connectivity index (χ0n) is 10.2. The van der Waals surface area contributed by atoms with Crippen molar-refractivity contribution in [3.05, 3.63) is 53.2 Å². The largest absolute Gasteiger partial charge is 0.454 e. The molecular formula is C15H10ClNO2. The minimum atomic E-state index is -0.0746. The van der Waals surface area contributed by atoms with Crippen LogP contribution in [-0.4, -0.2) is 10.8 Å². The third-order valence-corrected chi connectivity index (χ3v) is 3.10. The van der Waals surface area contributed by atoms with Gasteiger partial charge in [-0.25, -0.2) is 0 Å². The Morgan fingerprint density at radius 1 is 1.26 bits per heavy atom. The van der Waals surface area contributed by atoms with E-state index in [0.717, 1.165) is 11.1 Å². The molecule has 0 saturated carbocycles. The quantitative estimate of drug-likeness (QED) is 0.651. The number of pyridine rings is 1. The highest BCUT2D eigenvalue weighted by Crippen LogP contribution is 2.31. The van der Waals surface area contributed by atoms with Crippen LogP contribution in [0.1, 0.15) is 17.3 Å². The highest BCUT2D eigenvalue weighted by atomic mass is 35.5. The number of halogens is 1. The van der Waals surface area contributed by atoms with E-state index >= 15 is 0 Å². The maximum absolute atomic E-state index is 11.6. The summed E-state index contributed by atoms with van der Waals surface area (Å²) in [6, 6.07) is 10.8. The lowest BCUT2D eigenvalue weighted by Crippen LogP contribution is -1.91. The molecule has 0 N–H and O–H groups in total. The van der Waals surface area contributed by atoms with Gasteiger partial charge < -0.3 is 4.42 Å². The van der Waals surface area contributed by atoms with Gasteiger partial charge in [0, 0.05) is 16.6 Å². The third kappa shape index (κ3) is 2.13. The van der Waals surface area contributed by atoms with E-state index in [9.17, 15) is 4.79 Å². The highest BCUT2D eigenvalue weighted by molar-refractivity contribution is 6.32. The van der Waals surface area contributed by atoms with Gasteiger partial charge in [-0.1, -0.05) is 17.7 Å². The number of fused-ring (bicyclic) bond motifs is 1. The van der Waals surface area contributed by atoms with E-state index < -0.39 is 0 Å². The van der Waals surface area contributed by atoms with Crippen molar-refractivity contribution in [3.8, 4) is 11.5 Å². The number of hydrogen-bond acceptors (Lipinski definition) is 3. The third-order valence-electron chi connectivity index (χ3n) is 2.88. The summed E-state index contributed by atoms with van der Waals surface area (Å²) in [5.74, 6) is 0.551. The van der Waals surface area contributed by atoms with Gasteiger partial charge in [0.15, 0.2) is 11.5 Å². The second kappa shape index (κ2) is 4.52. The Bertz CT molecular complexity index is 762. The molecule has 0 unspecified atom stereocenters. The Morgan fingerprint density at radius 3 is 2.79 bits per heavy atom. The van der Waals surface area contributed by atoms with Crippen molar-refractivity contribution in [2.24, 2.45) is 0 Å². The fraction of sp³-hybridized carbons (Fsp3) is 0.0667. The normalized spacial score (nSPS) is 10.8. The standard InChI is InChI=1S/C15H10ClNO2/c1-9(18)12-8-11(16)6-10-7-14(19-15(10)12)13-4-2-3-5-17-13/h2-8H,1H3. The number of carbonyl (C=O) groups excluding carboxylic acids is 1. The Kier molecular flexibility index (Phi) is 2.84. The van der Waals surface area contributed by atoms with Crippen LogP contribution >= 0.6 is 11.6 Å². The maximum atomic E-state index is 11.6. The van der Waals surface area contributed by atoms with Gasteiger partial charge >= 0.3 is 0 Å². The summed E-state index contributed by atoms with van der Waals surface area (Å²) in [6.45, 7) is 1.49. The number of ketones is 1. The first kappa shape index (κ1) is 11.9. The van der Waals surface area contributed by atoms with Gasteiger partial charge in [-0.05, 0) is 37.3 Å². The lowest BCUT2D eigenvalue weighted by molar-refractivity contribution is 0.101. The molecule has 2 heterocycles. The topological polar surface area (TPSA) is 43.1 Å². The number of nitrogens with zero attached hydrogens (tertiary/aromatic N) is 1. The number of Topliss-reactive ketones (excluding diaryl/α,β-unsaturated/α-hetero) is 1. The van der Waals surface area contributed by atoms with Crippen LogP contribution in [0, 0.1) is 0 Å². The molecule has 0 radical (unpaired) electrons. The molecule has 2 aromatic heterocycles. The SMILES string of the molecule is CC(=O)c1cc(Cl)cc2cc(-c3ccccn3)oc12. The molecule has 0 saturated heterocycles. The van der Waals surface area contributed by atoms with Crippen LogP contribution in [0.4, 0.5) is 0 Å². The first-order valence-corrected chi connectivity index (χ1v) is 6.18. The van der Waals surface area contributed by atoms with Crippen molar-refractivity contribution in [2.45, 2.75) is 6.92 Å². The van der Waals surface area contributed by atoms with E-state index in [1.807, 2.05) is 24.3 Å². The molecule has 0 atom stereocenters. The summed E-state index contributed by atoms with van der Waals surface area (Å²) >= 11 is 6.01. The Balaban J connectivity index is 2.26. The average molecular weight is 272 g/mol. The van der Waals surface area contributed by atoms with E-state index in [2.05, 4.69) is 4.98 Å². The zero-order valence-corrected chi connectivity index (χ0v) is 10.9. The molecule has 19 heavy (non-hydrogen) atoms. The molecular weight excluding hydrogens is 262 g/mol. The first-order valence-electron chi connectivity index (χ1n) is 5.80. The summed E-state index contributed by atoms with van der Waals surface area (Å²) in [7, 11) is 0. The number of hydrogen-bond donors (Lipinski definition) is 0. The number of rotatable bonds is 2. The van der Waals surface area contributed by atoms with Crippen LogP contribution in [-0.2, 0) is 0 Å². The minimum Gasteiger partial charge on any atom is -0.454 e. The van der Waals surface area contributed by atoms with E-state index in [1.54, 1.807) is 18.3 Å². The molecule has 3 rings (SSSR count). The predicted molar refractivity (Wildman–Crippen MR) is 74.5 cm³/mol. The van der Waals surface area contributed by atoms with Crippen molar-refractivity contribution in [3.63, 3.8) is 0 Å². The first-order chi connectivity index (χ1) is 9.15. The summed E-state index contributed by atoms with van der Waals surface area (Å²) in [5.41, 5.74) is 1.77. The van der Waals surface area contributed by atoms with Gasteiger partial charge in [0.2, 0.25) is 0 Å². The van der Waals surface area contributed by atoms with E-state index in [4.69, 9.17) is 16.0 Å². The van der Waals surface area contributed by atoms with Crippen molar-refractivity contribution in [2.75, 3.05) is 0 Å². The molecule has 3 aromatic rings. The molecule has 1 aromatic carbocycles. The fourth-order valence-electron chi connectivity index (χ4n) is 2.01. The molecule has 94 valence electrons. The lowest BCUT2D eigenvalue weighted by atomic mass is 10.1. The van der Waals surface area contributed by atoms with Crippen LogP contribution in [0.3, 0.4) is 0 Å². The van der Waals surface area contributed by atoms with Gasteiger partial charge in [-0.15, -0.1) is 0 Å². The van der Waals surface area contributed by atoms with Crippen LogP contribution in [0.2, 0.25) is 5.02 Å². The molecule has 3 nitrogen and oxygen atoms in total. The fourth-order valence-corrected chi connectivity index (χ4v) is 2.24. The molecule has 0 bridgehead atoms. The molecule has 0 fully saturated rings. The van der Waals surface area contributed by atoms with E-state index in [-0.39, 0.29) is 5.78 Å². The molecule has 0 aliphatic carbocycles. The summed E-state index contributed by atoms with van der Waals surface area (Å²) < 4.78 is 5.76. The number of carbonyl (C=O) groups is 1. The molecule has 0 aliphatic rings. The highest BCUT2D eigenvalue weighted by Gasteiger charge is 2.14. The van der Waals surface area contributed by atoms with Gasteiger partial charge in [0.05, 0.1) is 5.56 Å². The second-order valence-corrected chi connectivity index (χ2v) is 4.69. The molecule has 0 amide bonds. The number of benzene rings is 1. The summed E-state index contributed by atoms with van der Waals surface area (Å²) in [4.78, 5) is 15.9. The zero-order chi connectivity index (χ0) is 13.4. The number of furan rings is 1. The number of aromatic nitrogens is 1. The van der Waals surface area contributed by atoms with Crippen molar-refractivity contribution >= 4 is 28.4 Å². The van der Waals surface area contributed by atoms with Crippen LogP contribution in [0.15, 0.2) is 47.0 Å². The Labute approximate surface area is 114 Å². The van der Waals surface area contributed by atoms with Crippen LogP contribution in [0.5, 0.6) is 0 Å². The predicted octanol–water partition coefficient (Wildman–Crippen LogP) is 4.35. The minimum absolute atomic E-state index is 0.0746. The average Bonchev–Trinajstić information content (AvgIpc) is 2.82. The molecule has 4 heteroatoms. The van der Waals surface area contributed by atoms with Gasteiger partial charge in [-0.2, -0.15) is 0 Å². The van der Waals surface area contributed by atoms with Gasteiger partial charge in [0.25, 0.3) is 0 Å². The smallest absolute Gasteiger partial charge is 0.163 e.